The second-order valence-electron chi connectivity index (χ2n) is 9.97. The van der Waals surface area contributed by atoms with E-state index in [2.05, 4.69) is 20.8 Å². The summed E-state index contributed by atoms with van der Waals surface area (Å²) < 4.78 is 5.68. The molecule has 0 aromatic carbocycles. The van der Waals surface area contributed by atoms with Crippen molar-refractivity contribution < 1.29 is 14.0 Å². The fourth-order valence-corrected chi connectivity index (χ4v) is 5.62. The van der Waals surface area contributed by atoms with E-state index in [1.54, 1.807) is 6.92 Å². The number of anilines is 1. The molecule has 9 heteroatoms. The molecule has 3 heterocycles. The normalized spacial score (nSPS) is 29.0. The molecule has 2 N–H and O–H groups in total. The minimum atomic E-state index is -0.528. The highest BCUT2D eigenvalue weighted by molar-refractivity contribution is 5.85. The number of nitrogens with one attached hydrogen (secondary N) is 2. The first-order valence-electron chi connectivity index (χ1n) is 11.9. The second kappa shape index (κ2) is 8.31. The van der Waals surface area contributed by atoms with Crippen LogP contribution in [-0.2, 0) is 4.79 Å². The average Bonchev–Trinajstić information content (AvgIpc) is 3.12. The Labute approximate surface area is 183 Å². The summed E-state index contributed by atoms with van der Waals surface area (Å²) >= 11 is 0. The zero-order valence-electron chi connectivity index (χ0n) is 18.4. The number of aryl methyl sites for hydroxylation is 1. The van der Waals surface area contributed by atoms with Crippen LogP contribution in [0, 0.1) is 24.2 Å². The molecule has 2 atom stereocenters. The van der Waals surface area contributed by atoms with Crippen LogP contribution in [-0.4, -0.2) is 65.8 Å². The minimum Gasteiger partial charge on any atom is -0.408 e. The van der Waals surface area contributed by atoms with Crippen LogP contribution in [0.25, 0.3) is 0 Å². The molecule has 5 rings (SSSR count). The molecule has 170 valence electrons. The van der Waals surface area contributed by atoms with E-state index in [0.29, 0.717) is 50.0 Å². The quantitative estimate of drug-likeness (QED) is 0.741. The molecule has 3 amide bonds. The van der Waals surface area contributed by atoms with E-state index in [-0.39, 0.29) is 17.9 Å². The standard InChI is InChI=1S/C22H34N6O3/c1-15-25-26-21(31-15)28-13-17-12-27(20(30)24-18-5-2-3-6-18)10-4-9-22(17,14-28)19(29)23-11-16-7-8-16/h16-18H,2-14H2,1H3,(H,23,29)(H,24,30)/t17-,22-/m0/s1. The second-order valence-corrected chi connectivity index (χ2v) is 9.97. The summed E-state index contributed by atoms with van der Waals surface area (Å²) in [5.74, 6) is 1.32. The Morgan fingerprint density at radius 2 is 1.94 bits per heavy atom. The highest BCUT2D eigenvalue weighted by atomic mass is 16.4. The summed E-state index contributed by atoms with van der Waals surface area (Å²) in [5, 5.41) is 14.6. The first-order chi connectivity index (χ1) is 15.0. The fraction of sp³-hybridized carbons (Fsp3) is 0.818. The molecule has 1 aromatic rings. The van der Waals surface area contributed by atoms with Crippen molar-refractivity contribution in [3.8, 4) is 0 Å². The van der Waals surface area contributed by atoms with Gasteiger partial charge in [0.15, 0.2) is 0 Å². The lowest BCUT2D eigenvalue weighted by atomic mass is 9.74. The maximum atomic E-state index is 13.5. The van der Waals surface area contributed by atoms with E-state index in [9.17, 15) is 9.59 Å². The number of aromatic nitrogens is 2. The predicted octanol–water partition coefficient (Wildman–Crippen LogP) is 2.07. The Morgan fingerprint density at radius 3 is 2.65 bits per heavy atom. The monoisotopic (exact) mass is 430 g/mol. The van der Waals surface area contributed by atoms with Crippen molar-refractivity contribution in [1.82, 2.24) is 25.7 Å². The number of hydrogen-bond donors (Lipinski definition) is 2. The third-order valence-electron chi connectivity index (χ3n) is 7.64. The van der Waals surface area contributed by atoms with Crippen molar-refractivity contribution in [2.45, 2.75) is 64.3 Å². The lowest BCUT2D eigenvalue weighted by molar-refractivity contribution is -0.132. The first-order valence-corrected chi connectivity index (χ1v) is 11.9. The molecule has 2 saturated heterocycles. The molecule has 9 nitrogen and oxygen atoms in total. The summed E-state index contributed by atoms with van der Waals surface area (Å²) in [4.78, 5) is 30.5. The number of rotatable bonds is 5. The molecule has 2 saturated carbocycles. The van der Waals surface area contributed by atoms with Crippen LogP contribution in [0.1, 0.15) is 57.3 Å². The van der Waals surface area contributed by atoms with Crippen LogP contribution in [0.3, 0.4) is 0 Å². The SMILES string of the molecule is Cc1nnc(N2C[C@@H]3CN(C(=O)NC4CCCC4)CCC[C@]3(C(=O)NCC3CC3)C2)o1. The average molecular weight is 431 g/mol. The number of hydrogen-bond acceptors (Lipinski definition) is 6. The number of carbonyl (C=O) groups excluding carboxylic acids is 2. The van der Waals surface area contributed by atoms with Gasteiger partial charge in [0.2, 0.25) is 11.8 Å². The van der Waals surface area contributed by atoms with Crippen LogP contribution in [0.5, 0.6) is 0 Å². The third kappa shape index (κ3) is 4.23. The number of carbonyl (C=O) groups is 2. The molecular formula is C22H34N6O3. The number of likely N-dealkylation sites (tertiary alicyclic amines) is 1. The summed E-state index contributed by atoms with van der Waals surface area (Å²) in [7, 11) is 0. The topological polar surface area (TPSA) is 104 Å². The zero-order valence-corrected chi connectivity index (χ0v) is 18.4. The molecule has 0 radical (unpaired) electrons. The molecule has 4 aliphatic rings. The lowest BCUT2D eigenvalue weighted by Crippen LogP contribution is -2.50. The maximum Gasteiger partial charge on any atom is 0.318 e. The highest BCUT2D eigenvalue weighted by Gasteiger charge is 2.54. The van der Waals surface area contributed by atoms with Gasteiger partial charge in [-0.1, -0.05) is 17.9 Å². The molecule has 0 unspecified atom stereocenters. The van der Waals surface area contributed by atoms with Crippen molar-refractivity contribution in [3.05, 3.63) is 5.89 Å². The van der Waals surface area contributed by atoms with Gasteiger partial charge in [-0.05, 0) is 44.4 Å². The van der Waals surface area contributed by atoms with Crippen molar-refractivity contribution >= 4 is 18.0 Å². The van der Waals surface area contributed by atoms with Gasteiger partial charge in [0.25, 0.3) is 0 Å². The van der Waals surface area contributed by atoms with Gasteiger partial charge in [0.1, 0.15) is 0 Å². The molecular weight excluding hydrogens is 396 g/mol. The first kappa shape index (κ1) is 20.6. The van der Waals surface area contributed by atoms with Gasteiger partial charge in [-0.3, -0.25) is 4.79 Å². The van der Waals surface area contributed by atoms with Crippen LogP contribution in [0.2, 0.25) is 0 Å². The van der Waals surface area contributed by atoms with Gasteiger partial charge in [0, 0.05) is 51.6 Å². The highest BCUT2D eigenvalue weighted by Crippen LogP contribution is 2.44. The molecule has 2 aliphatic carbocycles. The van der Waals surface area contributed by atoms with E-state index in [4.69, 9.17) is 4.42 Å². The Bertz CT molecular complexity index is 818. The van der Waals surface area contributed by atoms with Gasteiger partial charge in [0.05, 0.1) is 5.41 Å². The lowest BCUT2D eigenvalue weighted by Gasteiger charge is -2.32. The molecule has 4 fully saturated rings. The van der Waals surface area contributed by atoms with Gasteiger partial charge in [-0.25, -0.2) is 4.79 Å². The summed E-state index contributed by atoms with van der Waals surface area (Å²) in [6.45, 7) is 5.03. The van der Waals surface area contributed by atoms with Crippen LogP contribution < -0.4 is 15.5 Å². The largest absolute Gasteiger partial charge is 0.408 e. The molecule has 0 spiro atoms. The van der Waals surface area contributed by atoms with E-state index in [0.717, 1.165) is 32.2 Å². The third-order valence-corrected chi connectivity index (χ3v) is 7.64. The zero-order chi connectivity index (χ0) is 21.4. The van der Waals surface area contributed by atoms with Crippen LogP contribution in [0.15, 0.2) is 4.42 Å². The Morgan fingerprint density at radius 1 is 1.13 bits per heavy atom. The number of amides is 3. The Kier molecular flexibility index (Phi) is 5.52. The van der Waals surface area contributed by atoms with E-state index in [1.807, 2.05) is 9.80 Å². The molecule has 1 aromatic heterocycles. The van der Waals surface area contributed by atoms with Gasteiger partial charge in [-0.2, -0.15) is 0 Å². The number of fused-ring (bicyclic) bond motifs is 1. The molecule has 31 heavy (non-hydrogen) atoms. The minimum absolute atomic E-state index is 0.0215. The number of urea groups is 1. The van der Waals surface area contributed by atoms with Crippen LogP contribution >= 0.6 is 0 Å². The summed E-state index contributed by atoms with van der Waals surface area (Å²) in [5.41, 5.74) is -0.528. The van der Waals surface area contributed by atoms with E-state index < -0.39 is 5.41 Å². The maximum absolute atomic E-state index is 13.5. The molecule has 2 aliphatic heterocycles. The van der Waals surface area contributed by atoms with Crippen molar-refractivity contribution in [3.63, 3.8) is 0 Å². The Hall–Kier alpha value is -2.32. The fourth-order valence-electron chi connectivity index (χ4n) is 5.62. The predicted molar refractivity (Wildman–Crippen MR) is 114 cm³/mol. The molecule has 0 bridgehead atoms. The smallest absolute Gasteiger partial charge is 0.318 e. The summed E-state index contributed by atoms with van der Waals surface area (Å²) in [6, 6.07) is 0.791. The number of nitrogens with zero attached hydrogens (tertiary/aromatic N) is 4. The Balaban J connectivity index is 1.34. The van der Waals surface area contributed by atoms with Gasteiger partial charge < -0.3 is 24.9 Å². The summed E-state index contributed by atoms with van der Waals surface area (Å²) in [6.07, 6.45) is 8.53. The van der Waals surface area contributed by atoms with Gasteiger partial charge in [-0.15, -0.1) is 5.10 Å². The van der Waals surface area contributed by atoms with Crippen LogP contribution in [0.4, 0.5) is 10.8 Å². The van der Waals surface area contributed by atoms with Crippen molar-refractivity contribution in [1.29, 1.82) is 0 Å². The van der Waals surface area contributed by atoms with Crippen molar-refractivity contribution in [2.24, 2.45) is 17.3 Å². The van der Waals surface area contributed by atoms with E-state index in [1.165, 1.54) is 25.7 Å². The van der Waals surface area contributed by atoms with Gasteiger partial charge >= 0.3 is 12.0 Å². The van der Waals surface area contributed by atoms with Crippen molar-refractivity contribution in [2.75, 3.05) is 37.6 Å². The van der Waals surface area contributed by atoms with E-state index >= 15 is 0 Å².